The van der Waals surface area contributed by atoms with Gasteiger partial charge in [0.25, 0.3) is 0 Å². The highest BCUT2D eigenvalue weighted by Crippen LogP contribution is 2.29. The minimum Gasteiger partial charge on any atom is -0.481 e. The molecule has 0 saturated carbocycles. The smallest absolute Gasteiger partial charge is 0.305 e. The molecule has 6 heteroatoms. The van der Waals surface area contributed by atoms with E-state index in [0.29, 0.717) is 6.54 Å². The first kappa shape index (κ1) is 19.0. The van der Waals surface area contributed by atoms with Gasteiger partial charge >= 0.3 is 5.97 Å². The Balaban J connectivity index is 2.15. The van der Waals surface area contributed by atoms with E-state index in [2.05, 4.69) is 0 Å². The molecule has 1 fully saturated rings. The Morgan fingerprint density at radius 3 is 2.60 bits per heavy atom. The first-order valence-electron chi connectivity index (χ1n) is 8.75. The molecule has 1 unspecified atom stereocenters. The van der Waals surface area contributed by atoms with E-state index in [1.807, 2.05) is 45.0 Å². The summed E-state index contributed by atoms with van der Waals surface area (Å²) in [5, 5.41) is 8.88. The molecular weight excluding hydrogens is 320 g/mol. The van der Waals surface area contributed by atoms with Crippen LogP contribution >= 0.6 is 0 Å². The lowest BCUT2D eigenvalue weighted by atomic mass is 10.1. The van der Waals surface area contributed by atoms with Gasteiger partial charge < -0.3 is 14.9 Å². The molecule has 0 aromatic heterocycles. The highest BCUT2D eigenvalue weighted by molar-refractivity contribution is 6.00. The Morgan fingerprint density at radius 1 is 1.32 bits per heavy atom. The zero-order chi connectivity index (χ0) is 18.6. The maximum absolute atomic E-state index is 12.8. The zero-order valence-electron chi connectivity index (χ0n) is 15.1. The second kappa shape index (κ2) is 8.14. The summed E-state index contributed by atoms with van der Waals surface area (Å²) >= 11 is 0. The number of carbonyl (C=O) groups is 3. The normalized spacial score (nSPS) is 17.2. The van der Waals surface area contributed by atoms with Crippen LogP contribution in [-0.4, -0.2) is 46.9 Å². The molecular formula is C19H26N2O4. The number of rotatable bonds is 7. The molecule has 25 heavy (non-hydrogen) atoms. The van der Waals surface area contributed by atoms with Crippen molar-refractivity contribution in [3.05, 3.63) is 29.8 Å². The van der Waals surface area contributed by atoms with Gasteiger partial charge in [-0.2, -0.15) is 0 Å². The second-order valence-corrected chi connectivity index (χ2v) is 6.66. The van der Waals surface area contributed by atoms with Gasteiger partial charge in [-0.25, -0.2) is 0 Å². The fourth-order valence-electron chi connectivity index (χ4n) is 3.25. The number of anilines is 1. The molecule has 0 bridgehead atoms. The minimum absolute atomic E-state index is 0.0545. The highest BCUT2D eigenvalue weighted by Gasteiger charge is 2.38. The van der Waals surface area contributed by atoms with E-state index in [9.17, 15) is 14.4 Å². The van der Waals surface area contributed by atoms with Gasteiger partial charge in [-0.15, -0.1) is 0 Å². The molecule has 1 atom stereocenters. The lowest BCUT2D eigenvalue weighted by Crippen LogP contribution is -2.43. The van der Waals surface area contributed by atoms with Crippen LogP contribution in [0.2, 0.25) is 0 Å². The van der Waals surface area contributed by atoms with Crippen molar-refractivity contribution in [3.8, 4) is 0 Å². The standard InChI is InChI=1S/C19H26N2O4/c1-4-14-7-5-6-8-16(14)21-12-15(11-17(21)22)19(25)20(13(2)3)10-9-18(23)24/h5-8,13,15H,4,9-12H2,1-3H3,(H,23,24). The monoisotopic (exact) mass is 346 g/mol. The van der Waals surface area contributed by atoms with Crippen molar-refractivity contribution in [1.29, 1.82) is 0 Å². The third kappa shape index (κ3) is 4.38. The van der Waals surface area contributed by atoms with Crippen molar-refractivity contribution < 1.29 is 19.5 Å². The largest absolute Gasteiger partial charge is 0.481 e. The summed E-state index contributed by atoms with van der Waals surface area (Å²) in [7, 11) is 0. The van der Waals surface area contributed by atoms with Crippen molar-refractivity contribution in [3.63, 3.8) is 0 Å². The van der Waals surface area contributed by atoms with Crippen molar-refractivity contribution in [1.82, 2.24) is 4.90 Å². The summed E-state index contributed by atoms with van der Waals surface area (Å²) in [5.74, 6) is -1.55. The van der Waals surface area contributed by atoms with Gasteiger partial charge in [0.2, 0.25) is 11.8 Å². The average molecular weight is 346 g/mol. The number of aryl methyl sites for hydroxylation is 1. The van der Waals surface area contributed by atoms with E-state index in [1.165, 1.54) is 0 Å². The second-order valence-electron chi connectivity index (χ2n) is 6.66. The van der Waals surface area contributed by atoms with Crippen molar-refractivity contribution in [2.45, 2.75) is 46.1 Å². The number of hydrogen-bond acceptors (Lipinski definition) is 3. The molecule has 1 N–H and O–H groups in total. The number of benzene rings is 1. The number of carboxylic acids is 1. The molecule has 1 aliphatic rings. The van der Waals surface area contributed by atoms with Crippen LogP contribution in [0.3, 0.4) is 0 Å². The maximum Gasteiger partial charge on any atom is 0.305 e. The number of nitrogens with zero attached hydrogens (tertiary/aromatic N) is 2. The topological polar surface area (TPSA) is 77.9 Å². The Hall–Kier alpha value is -2.37. The average Bonchev–Trinajstić information content (AvgIpc) is 2.95. The molecule has 0 radical (unpaired) electrons. The molecule has 2 rings (SSSR count). The molecule has 1 saturated heterocycles. The van der Waals surface area contributed by atoms with Crippen LogP contribution in [0.25, 0.3) is 0 Å². The molecule has 0 aliphatic carbocycles. The van der Waals surface area contributed by atoms with Gasteiger partial charge in [-0.3, -0.25) is 14.4 Å². The molecule has 1 aromatic rings. The van der Waals surface area contributed by atoms with Crippen molar-refractivity contribution in [2.24, 2.45) is 5.92 Å². The minimum atomic E-state index is -0.931. The third-order valence-corrected chi connectivity index (χ3v) is 4.61. The van der Waals surface area contributed by atoms with E-state index < -0.39 is 11.9 Å². The van der Waals surface area contributed by atoms with Crippen molar-refractivity contribution >= 4 is 23.5 Å². The number of carboxylic acid groups (broad SMARTS) is 1. The first-order chi connectivity index (χ1) is 11.8. The Labute approximate surface area is 148 Å². The number of aliphatic carboxylic acids is 1. The summed E-state index contributed by atoms with van der Waals surface area (Å²) in [4.78, 5) is 39.4. The Kier molecular flexibility index (Phi) is 6.17. The quantitative estimate of drug-likeness (QED) is 0.822. The van der Waals surface area contributed by atoms with Gasteiger partial charge in [0, 0.05) is 31.2 Å². The van der Waals surface area contributed by atoms with Gasteiger partial charge in [-0.05, 0) is 31.9 Å². The van der Waals surface area contributed by atoms with E-state index in [-0.39, 0.29) is 37.2 Å². The van der Waals surface area contributed by atoms with Crippen LogP contribution in [-0.2, 0) is 20.8 Å². The van der Waals surface area contributed by atoms with E-state index >= 15 is 0 Å². The third-order valence-electron chi connectivity index (χ3n) is 4.61. The van der Waals surface area contributed by atoms with E-state index in [1.54, 1.807) is 9.80 Å². The zero-order valence-corrected chi connectivity index (χ0v) is 15.1. The molecule has 136 valence electrons. The first-order valence-corrected chi connectivity index (χ1v) is 8.75. The molecule has 1 aromatic carbocycles. The number of carbonyl (C=O) groups excluding carboxylic acids is 2. The molecule has 0 spiro atoms. The van der Waals surface area contributed by atoms with Crippen molar-refractivity contribution in [2.75, 3.05) is 18.0 Å². The van der Waals surface area contributed by atoms with Crippen LogP contribution in [0.1, 0.15) is 39.2 Å². The predicted molar refractivity (Wildman–Crippen MR) is 95.4 cm³/mol. The Bertz CT molecular complexity index is 657. The van der Waals surface area contributed by atoms with Crippen LogP contribution in [0.4, 0.5) is 5.69 Å². The summed E-state index contributed by atoms with van der Waals surface area (Å²) in [6.07, 6.45) is 0.898. The maximum atomic E-state index is 12.8. The lowest BCUT2D eigenvalue weighted by molar-refractivity contribution is -0.141. The van der Waals surface area contributed by atoms with E-state index in [0.717, 1.165) is 17.7 Å². The van der Waals surface area contributed by atoms with Crippen LogP contribution in [0, 0.1) is 5.92 Å². The highest BCUT2D eigenvalue weighted by atomic mass is 16.4. The van der Waals surface area contributed by atoms with E-state index in [4.69, 9.17) is 5.11 Å². The molecule has 6 nitrogen and oxygen atoms in total. The summed E-state index contributed by atoms with van der Waals surface area (Å²) < 4.78 is 0. The van der Waals surface area contributed by atoms with Gasteiger partial charge in [0.15, 0.2) is 0 Å². The number of para-hydroxylation sites is 1. The fraction of sp³-hybridized carbons (Fsp3) is 0.526. The SMILES string of the molecule is CCc1ccccc1N1CC(C(=O)N(CCC(=O)O)C(C)C)CC1=O. The Morgan fingerprint density at radius 2 is 2.00 bits per heavy atom. The molecule has 2 amide bonds. The molecule has 1 heterocycles. The number of amides is 2. The lowest BCUT2D eigenvalue weighted by Gasteiger charge is -2.29. The van der Waals surface area contributed by atoms with Gasteiger partial charge in [0.1, 0.15) is 0 Å². The van der Waals surface area contributed by atoms with Crippen LogP contribution in [0.15, 0.2) is 24.3 Å². The van der Waals surface area contributed by atoms with Gasteiger partial charge in [0.05, 0.1) is 12.3 Å². The van der Waals surface area contributed by atoms with Crippen LogP contribution in [0.5, 0.6) is 0 Å². The molecule has 1 aliphatic heterocycles. The van der Waals surface area contributed by atoms with Gasteiger partial charge in [-0.1, -0.05) is 25.1 Å². The summed E-state index contributed by atoms with van der Waals surface area (Å²) in [5.41, 5.74) is 1.95. The van der Waals surface area contributed by atoms with Crippen LogP contribution < -0.4 is 4.90 Å². The number of hydrogen-bond donors (Lipinski definition) is 1. The fourth-order valence-corrected chi connectivity index (χ4v) is 3.25. The predicted octanol–water partition coefficient (Wildman–Crippen LogP) is 2.31. The summed E-state index contributed by atoms with van der Waals surface area (Å²) in [6.45, 7) is 6.28. The summed E-state index contributed by atoms with van der Waals surface area (Å²) in [6, 6.07) is 7.64.